The first-order chi connectivity index (χ1) is 20.9. The van der Waals surface area contributed by atoms with Gasteiger partial charge >= 0.3 is 18.1 Å². The van der Waals surface area contributed by atoms with Gasteiger partial charge in [-0.25, -0.2) is 23.9 Å². The summed E-state index contributed by atoms with van der Waals surface area (Å²) in [7, 11) is -9.57. The Balaban J connectivity index is 1.12. The number of hydrogen-bond donors (Lipinski definition) is 4. The topological polar surface area (TPSA) is 283 Å². The highest BCUT2D eigenvalue weighted by Crippen LogP contribution is 2.50. The highest BCUT2D eigenvalue weighted by atomic mass is 32.2. The van der Waals surface area contributed by atoms with Crippen molar-refractivity contribution in [3.8, 4) is 0 Å². The van der Waals surface area contributed by atoms with E-state index < -0.39 is 86.3 Å². The molecule has 2 aromatic heterocycles. The lowest BCUT2D eigenvalue weighted by Gasteiger charge is -2.26. The number of rotatable bonds is 2. The molecule has 0 bridgehead atoms. The molecule has 5 aliphatic heterocycles. The first-order valence-corrected chi connectivity index (χ1v) is 15.8. The van der Waals surface area contributed by atoms with Gasteiger partial charge < -0.3 is 25.8 Å². The number of guanidine groups is 1. The van der Waals surface area contributed by atoms with E-state index in [1.807, 2.05) is 0 Å². The molecule has 0 radical (unpaired) electrons. The molecule has 9 atom stereocenters. The lowest BCUT2D eigenvalue weighted by Crippen LogP contribution is -2.44. The highest BCUT2D eigenvalue weighted by Gasteiger charge is 2.52. The molecule has 2 unspecified atom stereocenters. The Bertz CT molecular complexity index is 1770. The minimum absolute atomic E-state index is 0.0214. The highest BCUT2D eigenvalue weighted by molar-refractivity contribution is 7.84. The number of carbonyl (C=O) groups is 1. The average Bonchev–Trinajstić information content (AvgIpc) is 3.72. The molecule has 21 nitrogen and oxygen atoms in total. The number of nitrogens with zero attached hydrogens (tertiary/aromatic N) is 8. The van der Waals surface area contributed by atoms with Crippen LogP contribution in [0.4, 0.5) is 10.2 Å². The van der Waals surface area contributed by atoms with Crippen LogP contribution in [0.1, 0.15) is 12.6 Å². The van der Waals surface area contributed by atoms with Gasteiger partial charge in [0.25, 0.3) is 5.91 Å². The van der Waals surface area contributed by atoms with Crippen LogP contribution in [-0.4, -0.2) is 118 Å². The number of nitrogen functional groups attached to an aromatic ring is 1. The molecule has 236 valence electrons. The Morgan fingerprint density at radius 1 is 1.14 bits per heavy atom. The zero-order valence-electron chi connectivity index (χ0n) is 22.1. The van der Waals surface area contributed by atoms with E-state index in [9.17, 15) is 22.7 Å². The zero-order chi connectivity index (χ0) is 31.0. The normalized spacial score (nSPS) is 38.8. The lowest BCUT2D eigenvalue weighted by molar-refractivity contribution is -0.117. The van der Waals surface area contributed by atoms with Crippen molar-refractivity contribution in [1.29, 1.82) is 0 Å². The van der Waals surface area contributed by atoms with Gasteiger partial charge in [-0.15, -0.1) is 0 Å². The third kappa shape index (κ3) is 5.14. The second-order valence-electron chi connectivity index (χ2n) is 10.1. The van der Waals surface area contributed by atoms with Crippen LogP contribution in [0.5, 0.6) is 0 Å². The SMILES string of the molecule is NC1=NC(=O)C2N=CN([C@H]3C[C@@H]4OS(=O)(=O)NC[C@H]5O[C@@H](n6cnc7c(N)ncnc76)[C@H](F)[C@@H]5OP(=O)(O)OC[C@H]4O3)C2=N1. The van der Waals surface area contributed by atoms with E-state index in [2.05, 4.69) is 34.7 Å². The third-order valence-corrected chi connectivity index (χ3v) is 9.33. The van der Waals surface area contributed by atoms with Gasteiger partial charge in [-0.1, -0.05) is 0 Å². The quantitative estimate of drug-likeness (QED) is 0.242. The molecule has 7 rings (SSSR count). The maximum Gasteiger partial charge on any atom is 0.472 e. The molecule has 0 spiro atoms. The van der Waals surface area contributed by atoms with Gasteiger partial charge in [0.2, 0.25) is 5.96 Å². The fourth-order valence-corrected chi connectivity index (χ4v) is 7.28. The number of phosphoric acid groups is 1. The van der Waals surface area contributed by atoms with Crippen LogP contribution in [0, 0.1) is 0 Å². The van der Waals surface area contributed by atoms with Crippen LogP contribution in [-0.2, 0) is 42.4 Å². The summed E-state index contributed by atoms with van der Waals surface area (Å²) in [5, 5.41) is 0. The molecule has 6 N–H and O–H groups in total. The number of hydrogen-bond acceptors (Lipinski definition) is 17. The zero-order valence-corrected chi connectivity index (χ0v) is 23.8. The summed E-state index contributed by atoms with van der Waals surface area (Å²) >= 11 is 0. The van der Waals surface area contributed by atoms with Crippen molar-refractivity contribution in [2.75, 3.05) is 18.9 Å². The molecule has 0 saturated carbocycles. The Morgan fingerprint density at radius 3 is 2.77 bits per heavy atom. The van der Waals surface area contributed by atoms with Crippen LogP contribution in [0.3, 0.4) is 0 Å². The first kappa shape index (κ1) is 29.2. The standard InChI is InChI=1S/C20H23FN11O10PS/c21-11-14-8(40-19(11)32-6-26-12-15(22)24-4-25-16(12)32)2-28-44(36,37)42-7-1-10(39-9(7)3-38-43(34,35)41-14)31-5-27-13-17(31)29-20(23)30-18(13)33/h4-11,13-14,19,28H,1-3H2,(H,34,35)(H2,22,24,25)(H2,23,30,33)/t7-,8+,9+,10+,11+,13?,14+,19+/m0/s1. The van der Waals surface area contributed by atoms with Crippen LogP contribution < -0.4 is 16.2 Å². The number of imidazole rings is 1. The predicted octanol–water partition coefficient (Wildman–Crippen LogP) is -2.54. The van der Waals surface area contributed by atoms with E-state index >= 15 is 4.39 Å². The van der Waals surface area contributed by atoms with E-state index in [1.165, 1.54) is 22.1 Å². The Kier molecular flexibility index (Phi) is 6.98. The fraction of sp³-hybridized carbons (Fsp3) is 0.550. The van der Waals surface area contributed by atoms with Crippen molar-refractivity contribution in [2.45, 2.75) is 55.5 Å². The van der Waals surface area contributed by atoms with Gasteiger partial charge in [0.15, 0.2) is 35.7 Å². The molecule has 24 heteroatoms. The molecular formula is C20H23FN11O10PS. The average molecular weight is 660 g/mol. The second-order valence-corrected chi connectivity index (χ2v) is 12.9. The van der Waals surface area contributed by atoms with Gasteiger partial charge in [0, 0.05) is 13.0 Å². The van der Waals surface area contributed by atoms with Gasteiger partial charge in [0.1, 0.15) is 42.5 Å². The maximum absolute atomic E-state index is 15.8. The maximum atomic E-state index is 15.8. The predicted molar refractivity (Wildman–Crippen MR) is 142 cm³/mol. The summed E-state index contributed by atoms with van der Waals surface area (Å²) < 4.78 is 85.4. The number of aromatic nitrogens is 4. The third-order valence-electron chi connectivity index (χ3n) is 7.32. The molecule has 7 heterocycles. The Hall–Kier alpha value is -3.54. The van der Waals surface area contributed by atoms with Crippen molar-refractivity contribution in [3.05, 3.63) is 12.7 Å². The van der Waals surface area contributed by atoms with Crippen molar-refractivity contribution >= 4 is 59.1 Å². The van der Waals surface area contributed by atoms with Gasteiger partial charge in [-0.3, -0.25) is 32.5 Å². The second kappa shape index (κ2) is 10.5. The van der Waals surface area contributed by atoms with Crippen molar-refractivity contribution < 1.29 is 49.8 Å². The van der Waals surface area contributed by atoms with E-state index in [4.69, 9.17) is 34.2 Å². The van der Waals surface area contributed by atoms with E-state index in [-0.39, 0.29) is 35.2 Å². The summed E-state index contributed by atoms with van der Waals surface area (Å²) in [6.07, 6.45) is -6.99. The molecule has 3 saturated heterocycles. The number of carbonyl (C=O) groups excluding carboxylic acids is 1. The van der Waals surface area contributed by atoms with E-state index in [1.54, 1.807) is 0 Å². The van der Waals surface area contributed by atoms with Crippen molar-refractivity contribution in [1.82, 2.24) is 29.1 Å². The molecular weight excluding hydrogens is 636 g/mol. The minimum atomic E-state index is -5.02. The van der Waals surface area contributed by atoms with Crippen molar-refractivity contribution in [2.24, 2.45) is 20.7 Å². The van der Waals surface area contributed by atoms with Gasteiger partial charge in [0.05, 0.1) is 19.3 Å². The summed E-state index contributed by atoms with van der Waals surface area (Å²) in [5.74, 6) is -0.838. The smallest absolute Gasteiger partial charge is 0.382 e. The van der Waals surface area contributed by atoms with Gasteiger partial charge in [-0.2, -0.15) is 23.1 Å². The van der Waals surface area contributed by atoms with E-state index in [0.717, 1.165) is 6.33 Å². The Morgan fingerprint density at radius 2 is 1.95 bits per heavy atom. The largest absolute Gasteiger partial charge is 0.472 e. The molecule has 44 heavy (non-hydrogen) atoms. The number of alkyl halides is 1. The summed E-state index contributed by atoms with van der Waals surface area (Å²) in [6.45, 7) is -1.35. The summed E-state index contributed by atoms with van der Waals surface area (Å²) in [5.41, 5.74) is 11.7. The molecule has 0 aromatic carbocycles. The van der Waals surface area contributed by atoms with Crippen LogP contribution in [0.2, 0.25) is 0 Å². The first-order valence-electron chi connectivity index (χ1n) is 12.9. The van der Waals surface area contributed by atoms with Crippen molar-refractivity contribution in [3.63, 3.8) is 0 Å². The number of anilines is 1. The molecule has 2 aromatic rings. The number of phosphoric ester groups is 1. The molecule has 1 amide bonds. The molecule has 5 aliphatic rings. The number of nitrogens with two attached hydrogens (primary N) is 2. The number of fused-ring (bicyclic) bond motifs is 4. The molecule has 3 fully saturated rings. The minimum Gasteiger partial charge on any atom is -0.382 e. The molecule has 0 aliphatic carbocycles. The Labute approximate surface area is 246 Å². The number of amides is 1. The van der Waals surface area contributed by atoms with Crippen LogP contribution in [0.15, 0.2) is 27.6 Å². The summed E-state index contributed by atoms with van der Waals surface area (Å²) in [6, 6.07) is -1.06. The van der Waals surface area contributed by atoms with Gasteiger partial charge in [-0.05, 0) is 0 Å². The lowest BCUT2D eigenvalue weighted by atomic mass is 10.1. The van der Waals surface area contributed by atoms with E-state index in [0.29, 0.717) is 0 Å². The fourth-order valence-electron chi connectivity index (χ4n) is 5.36. The van der Waals surface area contributed by atoms with Crippen LogP contribution in [0.25, 0.3) is 11.2 Å². The monoisotopic (exact) mass is 659 g/mol. The summed E-state index contributed by atoms with van der Waals surface area (Å²) in [4.78, 5) is 47.6. The number of aliphatic imine (C=N–C) groups is 3. The number of amidine groups is 1. The number of nitrogens with one attached hydrogen (secondary N) is 1. The number of halogens is 1. The van der Waals surface area contributed by atoms with Crippen LogP contribution >= 0.6 is 7.82 Å². The number of ether oxygens (including phenoxy) is 2.